The van der Waals surface area contributed by atoms with Gasteiger partial charge in [0.2, 0.25) is 0 Å². The van der Waals surface area contributed by atoms with Crippen LogP contribution in [0.3, 0.4) is 0 Å². The number of carboxylic acid groups (broad SMARTS) is 1. The van der Waals surface area contributed by atoms with Gasteiger partial charge >= 0.3 is 5.97 Å². The van der Waals surface area contributed by atoms with Crippen molar-refractivity contribution in [2.75, 3.05) is 0 Å². The summed E-state index contributed by atoms with van der Waals surface area (Å²) in [6.07, 6.45) is 0. The van der Waals surface area contributed by atoms with Gasteiger partial charge in [0.1, 0.15) is 0 Å². The lowest BCUT2D eigenvalue weighted by molar-refractivity contribution is 0.0690. The molecule has 1 aromatic carbocycles. The molecule has 0 fully saturated rings. The van der Waals surface area contributed by atoms with Gasteiger partial charge in [0, 0.05) is 6.07 Å². The Kier molecular flexibility index (Phi) is 3.12. The van der Waals surface area contributed by atoms with Crippen molar-refractivity contribution in [3.05, 3.63) is 59.1 Å². The van der Waals surface area contributed by atoms with Crippen LogP contribution in [0.5, 0.6) is 0 Å². The Morgan fingerprint density at radius 3 is 2.60 bits per heavy atom. The van der Waals surface area contributed by atoms with Crippen molar-refractivity contribution in [2.24, 2.45) is 0 Å². The zero-order valence-electron chi connectivity index (χ0n) is 10.8. The molecule has 0 saturated heterocycles. The summed E-state index contributed by atoms with van der Waals surface area (Å²) in [4.78, 5) is 12.1. The molecule has 0 bridgehead atoms. The molecule has 0 saturated carbocycles. The summed E-state index contributed by atoms with van der Waals surface area (Å²) >= 11 is 1.56. The second kappa shape index (κ2) is 4.94. The molecule has 4 nitrogen and oxygen atoms in total. The molecule has 2 heterocycles. The molecule has 0 atom stereocenters. The van der Waals surface area contributed by atoms with Gasteiger partial charge in [0.15, 0.2) is 5.69 Å². The Hall–Kier alpha value is -2.40. The minimum absolute atomic E-state index is 0.0500. The first-order valence-corrected chi connectivity index (χ1v) is 6.97. The zero-order valence-corrected chi connectivity index (χ0v) is 11.6. The molecule has 3 rings (SSSR count). The molecule has 1 N–H and O–H groups in total. The van der Waals surface area contributed by atoms with Crippen LogP contribution in [0, 0.1) is 6.92 Å². The number of hydrogen-bond acceptors (Lipinski definition) is 3. The van der Waals surface area contributed by atoms with Gasteiger partial charge in [0.05, 0.1) is 16.3 Å². The molecule has 0 aliphatic heterocycles. The molecule has 2 aromatic heterocycles. The van der Waals surface area contributed by atoms with Crippen LogP contribution in [0.25, 0.3) is 16.3 Å². The summed E-state index contributed by atoms with van der Waals surface area (Å²) in [5, 5.41) is 15.3. The summed E-state index contributed by atoms with van der Waals surface area (Å²) < 4.78 is 1.68. The van der Waals surface area contributed by atoms with E-state index in [2.05, 4.69) is 5.10 Å². The number of aromatic carboxylic acids is 1. The first-order valence-electron chi connectivity index (χ1n) is 6.09. The summed E-state index contributed by atoms with van der Waals surface area (Å²) in [6.45, 7) is 2.01. The fraction of sp³-hybridized carbons (Fsp3) is 0.0667. The van der Waals surface area contributed by atoms with Gasteiger partial charge < -0.3 is 5.11 Å². The number of benzene rings is 1. The summed E-state index contributed by atoms with van der Waals surface area (Å²) in [7, 11) is 0. The number of carboxylic acids is 1. The van der Waals surface area contributed by atoms with Crippen molar-refractivity contribution in [2.45, 2.75) is 6.92 Å². The number of aryl methyl sites for hydroxylation is 1. The van der Waals surface area contributed by atoms with E-state index < -0.39 is 5.97 Å². The Labute approximate surface area is 119 Å². The van der Waals surface area contributed by atoms with Crippen LogP contribution >= 0.6 is 11.3 Å². The second-order valence-electron chi connectivity index (χ2n) is 4.44. The van der Waals surface area contributed by atoms with E-state index in [1.807, 2.05) is 48.7 Å². The number of carbonyl (C=O) groups is 1. The van der Waals surface area contributed by atoms with Crippen LogP contribution in [0.4, 0.5) is 0 Å². The van der Waals surface area contributed by atoms with E-state index >= 15 is 0 Å². The zero-order chi connectivity index (χ0) is 14.1. The minimum atomic E-state index is -1.02. The first kappa shape index (κ1) is 12.6. The molecular weight excluding hydrogens is 272 g/mol. The van der Waals surface area contributed by atoms with Gasteiger partial charge in [-0.05, 0) is 30.5 Å². The van der Waals surface area contributed by atoms with Gasteiger partial charge in [0.25, 0.3) is 0 Å². The van der Waals surface area contributed by atoms with Crippen molar-refractivity contribution in [3.8, 4) is 16.3 Å². The third-order valence-electron chi connectivity index (χ3n) is 2.98. The van der Waals surface area contributed by atoms with Crippen LogP contribution in [0.1, 0.15) is 16.1 Å². The highest BCUT2D eigenvalue weighted by molar-refractivity contribution is 7.13. The lowest BCUT2D eigenvalue weighted by Crippen LogP contribution is -2.02. The summed E-state index contributed by atoms with van der Waals surface area (Å²) in [6, 6.07) is 13.3. The van der Waals surface area contributed by atoms with E-state index in [4.69, 9.17) is 5.11 Å². The maximum atomic E-state index is 11.1. The molecule has 0 aliphatic rings. The molecular formula is C15H12N2O2S. The Morgan fingerprint density at radius 1 is 1.25 bits per heavy atom. The smallest absolute Gasteiger partial charge is 0.356 e. The van der Waals surface area contributed by atoms with Crippen LogP contribution in [0.15, 0.2) is 47.8 Å². The van der Waals surface area contributed by atoms with E-state index in [-0.39, 0.29) is 5.69 Å². The maximum absolute atomic E-state index is 11.1. The average Bonchev–Trinajstić information content (AvgIpc) is 3.08. The second-order valence-corrected chi connectivity index (χ2v) is 5.39. The summed E-state index contributed by atoms with van der Waals surface area (Å²) in [5.74, 6) is -1.02. The standard InChI is InChI=1S/C15H12N2O2S/c1-10-4-6-11(7-5-10)17-13(14-3-2-8-20-14)9-12(16-17)15(18)19/h2-9H,1H3,(H,18,19). The van der Waals surface area contributed by atoms with E-state index in [0.29, 0.717) is 0 Å². The van der Waals surface area contributed by atoms with Crippen molar-refractivity contribution < 1.29 is 9.90 Å². The predicted octanol–water partition coefficient (Wildman–Crippen LogP) is 3.61. The SMILES string of the molecule is Cc1ccc(-n2nc(C(=O)O)cc2-c2cccs2)cc1. The highest BCUT2D eigenvalue weighted by atomic mass is 32.1. The Bertz CT molecular complexity index is 743. The predicted molar refractivity (Wildman–Crippen MR) is 78.6 cm³/mol. The Balaban J connectivity index is 2.18. The van der Waals surface area contributed by atoms with Crippen LogP contribution in [-0.2, 0) is 0 Å². The van der Waals surface area contributed by atoms with E-state index in [1.54, 1.807) is 22.1 Å². The lowest BCUT2D eigenvalue weighted by atomic mass is 10.2. The Morgan fingerprint density at radius 2 is 2.00 bits per heavy atom. The number of rotatable bonds is 3. The van der Waals surface area contributed by atoms with Gasteiger partial charge in [-0.2, -0.15) is 5.10 Å². The van der Waals surface area contributed by atoms with Crippen molar-refractivity contribution in [3.63, 3.8) is 0 Å². The molecule has 20 heavy (non-hydrogen) atoms. The highest BCUT2D eigenvalue weighted by Gasteiger charge is 2.16. The molecule has 0 amide bonds. The number of hydrogen-bond donors (Lipinski definition) is 1. The third kappa shape index (κ3) is 2.23. The molecule has 0 aliphatic carbocycles. The molecule has 100 valence electrons. The van der Waals surface area contributed by atoms with Crippen molar-refractivity contribution in [1.29, 1.82) is 0 Å². The monoisotopic (exact) mass is 284 g/mol. The molecule has 3 aromatic rings. The van der Waals surface area contributed by atoms with Crippen LogP contribution < -0.4 is 0 Å². The van der Waals surface area contributed by atoms with E-state index in [9.17, 15) is 4.79 Å². The number of nitrogens with zero attached hydrogens (tertiary/aromatic N) is 2. The molecule has 5 heteroatoms. The largest absolute Gasteiger partial charge is 0.476 e. The fourth-order valence-corrected chi connectivity index (χ4v) is 2.70. The lowest BCUT2D eigenvalue weighted by Gasteiger charge is -2.06. The molecule has 0 radical (unpaired) electrons. The fourth-order valence-electron chi connectivity index (χ4n) is 1.97. The van der Waals surface area contributed by atoms with E-state index in [0.717, 1.165) is 21.8 Å². The topological polar surface area (TPSA) is 55.1 Å². The van der Waals surface area contributed by atoms with E-state index in [1.165, 1.54) is 0 Å². The van der Waals surface area contributed by atoms with Gasteiger partial charge in [-0.3, -0.25) is 0 Å². The molecule has 0 spiro atoms. The van der Waals surface area contributed by atoms with Gasteiger partial charge in [-0.1, -0.05) is 23.8 Å². The molecule has 0 unspecified atom stereocenters. The van der Waals surface area contributed by atoms with Gasteiger partial charge in [-0.25, -0.2) is 9.48 Å². The number of thiophene rings is 1. The highest BCUT2D eigenvalue weighted by Crippen LogP contribution is 2.28. The van der Waals surface area contributed by atoms with Crippen LogP contribution in [0.2, 0.25) is 0 Å². The number of aromatic nitrogens is 2. The normalized spacial score (nSPS) is 10.7. The van der Waals surface area contributed by atoms with Crippen molar-refractivity contribution >= 4 is 17.3 Å². The average molecular weight is 284 g/mol. The van der Waals surface area contributed by atoms with Crippen molar-refractivity contribution in [1.82, 2.24) is 9.78 Å². The minimum Gasteiger partial charge on any atom is -0.476 e. The quantitative estimate of drug-likeness (QED) is 0.799. The first-order chi connectivity index (χ1) is 9.65. The van der Waals surface area contributed by atoms with Crippen LogP contribution in [-0.4, -0.2) is 20.9 Å². The maximum Gasteiger partial charge on any atom is 0.356 e. The summed E-state index contributed by atoms with van der Waals surface area (Å²) in [5.41, 5.74) is 2.85. The van der Waals surface area contributed by atoms with Gasteiger partial charge in [-0.15, -0.1) is 11.3 Å². The third-order valence-corrected chi connectivity index (χ3v) is 3.87.